The highest BCUT2D eigenvalue weighted by molar-refractivity contribution is 5.34. The van der Waals surface area contributed by atoms with Crippen LogP contribution in [0.5, 0.6) is 11.5 Å². The Kier molecular flexibility index (Phi) is 4.20. The molecule has 1 aromatic carbocycles. The predicted octanol–water partition coefficient (Wildman–Crippen LogP) is 5.12. The number of nitrogens with zero attached hydrogens (tertiary/aromatic N) is 1. The molecule has 19 heavy (non-hydrogen) atoms. The molecule has 0 unspecified atom stereocenters. The van der Waals surface area contributed by atoms with Gasteiger partial charge in [-0.15, -0.1) is 0 Å². The molecular weight excluding hydrogens is 234 g/mol. The van der Waals surface area contributed by atoms with Gasteiger partial charge in [-0.05, 0) is 41.7 Å². The second kappa shape index (κ2) is 5.87. The summed E-state index contributed by atoms with van der Waals surface area (Å²) in [4.78, 5) is 4.41. The average molecular weight is 255 g/mol. The predicted molar refractivity (Wildman–Crippen MR) is 78.9 cm³/mol. The Hall–Kier alpha value is -1.83. The van der Waals surface area contributed by atoms with Crippen molar-refractivity contribution >= 4 is 0 Å². The van der Waals surface area contributed by atoms with Gasteiger partial charge in [-0.2, -0.15) is 0 Å². The first-order valence-corrected chi connectivity index (χ1v) is 6.80. The number of pyridine rings is 1. The van der Waals surface area contributed by atoms with Crippen LogP contribution in [0.4, 0.5) is 0 Å². The Balaban J connectivity index is 2.14. The van der Waals surface area contributed by atoms with Gasteiger partial charge in [-0.25, -0.2) is 0 Å². The maximum atomic E-state index is 5.84. The van der Waals surface area contributed by atoms with Crippen LogP contribution in [-0.2, 0) is 0 Å². The Labute approximate surface area is 115 Å². The summed E-state index contributed by atoms with van der Waals surface area (Å²) < 4.78 is 5.84. The van der Waals surface area contributed by atoms with Gasteiger partial charge < -0.3 is 4.74 Å². The topological polar surface area (TPSA) is 22.1 Å². The summed E-state index contributed by atoms with van der Waals surface area (Å²) in [6, 6.07) is 12.2. The van der Waals surface area contributed by atoms with Crippen molar-refractivity contribution in [2.75, 3.05) is 0 Å². The van der Waals surface area contributed by atoms with Crippen LogP contribution in [0, 0.1) is 0 Å². The standard InChI is InChI=1S/C17H21NO/c1-12(2)14-6-5-7-15(10-14)19-16-8-9-17(13(3)4)18-11-16/h5-13H,1-4H3. The molecule has 0 radical (unpaired) electrons. The van der Waals surface area contributed by atoms with Gasteiger partial charge in [0.1, 0.15) is 11.5 Å². The highest BCUT2D eigenvalue weighted by Gasteiger charge is 2.04. The van der Waals surface area contributed by atoms with Crippen LogP contribution < -0.4 is 4.74 Å². The molecule has 0 N–H and O–H groups in total. The summed E-state index contributed by atoms with van der Waals surface area (Å²) in [5, 5.41) is 0. The fourth-order valence-corrected chi connectivity index (χ4v) is 1.87. The Bertz CT molecular complexity index is 529. The second-order valence-electron chi connectivity index (χ2n) is 5.40. The van der Waals surface area contributed by atoms with Crippen LogP contribution in [0.1, 0.15) is 50.8 Å². The number of aromatic nitrogens is 1. The molecule has 2 rings (SSSR count). The molecule has 0 aliphatic heterocycles. The fourth-order valence-electron chi connectivity index (χ4n) is 1.87. The maximum Gasteiger partial charge on any atom is 0.145 e. The molecule has 2 nitrogen and oxygen atoms in total. The minimum absolute atomic E-state index is 0.443. The van der Waals surface area contributed by atoms with E-state index in [1.807, 2.05) is 24.3 Å². The number of hydrogen-bond donors (Lipinski definition) is 0. The first-order valence-electron chi connectivity index (χ1n) is 6.80. The van der Waals surface area contributed by atoms with E-state index in [9.17, 15) is 0 Å². The van der Waals surface area contributed by atoms with Crippen molar-refractivity contribution in [3.8, 4) is 11.5 Å². The van der Waals surface area contributed by atoms with E-state index in [0.717, 1.165) is 17.2 Å². The molecule has 0 aliphatic rings. The second-order valence-corrected chi connectivity index (χ2v) is 5.40. The molecule has 0 saturated heterocycles. The van der Waals surface area contributed by atoms with Crippen molar-refractivity contribution < 1.29 is 4.74 Å². The zero-order chi connectivity index (χ0) is 13.8. The molecule has 0 fully saturated rings. The number of ether oxygens (including phenoxy) is 1. The molecule has 0 saturated carbocycles. The van der Waals surface area contributed by atoms with E-state index >= 15 is 0 Å². The highest BCUT2D eigenvalue weighted by atomic mass is 16.5. The number of rotatable bonds is 4. The van der Waals surface area contributed by atoms with Gasteiger partial charge in [0, 0.05) is 5.69 Å². The van der Waals surface area contributed by atoms with Gasteiger partial charge in [-0.3, -0.25) is 4.98 Å². The largest absolute Gasteiger partial charge is 0.456 e. The normalized spacial score (nSPS) is 11.1. The maximum absolute atomic E-state index is 5.84. The van der Waals surface area contributed by atoms with Gasteiger partial charge in [0.05, 0.1) is 6.20 Å². The summed E-state index contributed by atoms with van der Waals surface area (Å²) in [6.07, 6.45) is 1.79. The van der Waals surface area contributed by atoms with Gasteiger partial charge in [0.25, 0.3) is 0 Å². The van der Waals surface area contributed by atoms with E-state index in [1.54, 1.807) is 6.20 Å². The molecule has 2 heteroatoms. The summed E-state index contributed by atoms with van der Waals surface area (Å²) in [6.45, 7) is 8.63. The molecule has 1 aromatic heterocycles. The van der Waals surface area contributed by atoms with E-state index in [0.29, 0.717) is 11.8 Å². The molecule has 0 atom stereocenters. The Morgan fingerprint density at radius 3 is 2.26 bits per heavy atom. The smallest absolute Gasteiger partial charge is 0.145 e. The van der Waals surface area contributed by atoms with Crippen LogP contribution in [0.2, 0.25) is 0 Å². The van der Waals surface area contributed by atoms with Crippen LogP contribution >= 0.6 is 0 Å². The van der Waals surface area contributed by atoms with E-state index < -0.39 is 0 Å². The van der Waals surface area contributed by atoms with E-state index in [-0.39, 0.29) is 0 Å². The summed E-state index contributed by atoms with van der Waals surface area (Å²) in [5.41, 5.74) is 2.37. The third-order valence-electron chi connectivity index (χ3n) is 3.11. The zero-order valence-corrected chi connectivity index (χ0v) is 12.1. The first kappa shape index (κ1) is 13.6. The molecule has 0 amide bonds. The average Bonchev–Trinajstić information content (AvgIpc) is 2.39. The van der Waals surface area contributed by atoms with E-state index in [2.05, 4.69) is 44.8 Å². The summed E-state index contributed by atoms with van der Waals surface area (Å²) >= 11 is 0. The number of benzene rings is 1. The molecular formula is C17H21NO. The lowest BCUT2D eigenvalue weighted by Gasteiger charge is -2.10. The van der Waals surface area contributed by atoms with Crippen molar-refractivity contribution in [2.24, 2.45) is 0 Å². The van der Waals surface area contributed by atoms with Crippen LogP contribution in [-0.4, -0.2) is 4.98 Å². The van der Waals surface area contributed by atoms with Crippen molar-refractivity contribution in [2.45, 2.75) is 39.5 Å². The molecule has 0 aliphatic carbocycles. The van der Waals surface area contributed by atoms with Gasteiger partial charge in [0.2, 0.25) is 0 Å². The van der Waals surface area contributed by atoms with Gasteiger partial charge in [-0.1, -0.05) is 39.8 Å². The quantitative estimate of drug-likeness (QED) is 0.756. The van der Waals surface area contributed by atoms with Gasteiger partial charge in [0.15, 0.2) is 0 Å². The van der Waals surface area contributed by atoms with Crippen molar-refractivity contribution in [3.63, 3.8) is 0 Å². The van der Waals surface area contributed by atoms with Crippen LogP contribution in [0.15, 0.2) is 42.6 Å². The Morgan fingerprint density at radius 2 is 1.68 bits per heavy atom. The lowest BCUT2D eigenvalue weighted by Crippen LogP contribution is -1.93. The van der Waals surface area contributed by atoms with E-state index in [4.69, 9.17) is 4.74 Å². The van der Waals surface area contributed by atoms with Gasteiger partial charge >= 0.3 is 0 Å². The van der Waals surface area contributed by atoms with Crippen molar-refractivity contribution in [1.82, 2.24) is 4.98 Å². The number of hydrogen-bond acceptors (Lipinski definition) is 2. The lowest BCUT2D eigenvalue weighted by atomic mass is 10.0. The molecule has 2 aromatic rings. The fraction of sp³-hybridized carbons (Fsp3) is 0.353. The molecule has 0 spiro atoms. The zero-order valence-electron chi connectivity index (χ0n) is 12.1. The Morgan fingerprint density at radius 1 is 0.895 bits per heavy atom. The molecule has 1 heterocycles. The summed E-state index contributed by atoms with van der Waals surface area (Å²) in [7, 11) is 0. The van der Waals surface area contributed by atoms with Crippen LogP contribution in [0.25, 0.3) is 0 Å². The van der Waals surface area contributed by atoms with E-state index in [1.165, 1.54) is 5.56 Å². The third-order valence-corrected chi connectivity index (χ3v) is 3.11. The minimum Gasteiger partial charge on any atom is -0.456 e. The van der Waals surface area contributed by atoms with Crippen molar-refractivity contribution in [3.05, 3.63) is 53.9 Å². The minimum atomic E-state index is 0.443. The molecule has 100 valence electrons. The molecule has 0 bridgehead atoms. The summed E-state index contributed by atoms with van der Waals surface area (Å²) in [5.74, 6) is 2.60. The lowest BCUT2D eigenvalue weighted by molar-refractivity contribution is 0.478. The first-order chi connectivity index (χ1) is 9.06. The van der Waals surface area contributed by atoms with Crippen molar-refractivity contribution in [1.29, 1.82) is 0 Å². The highest BCUT2D eigenvalue weighted by Crippen LogP contribution is 2.25. The SMILES string of the molecule is CC(C)c1cccc(Oc2ccc(C(C)C)nc2)c1. The third kappa shape index (κ3) is 3.57. The van der Waals surface area contributed by atoms with Crippen LogP contribution in [0.3, 0.4) is 0 Å². The monoisotopic (exact) mass is 255 g/mol.